The Morgan fingerprint density at radius 2 is 2.00 bits per heavy atom. The first-order valence-electron chi connectivity index (χ1n) is 11.4. The molecule has 1 aromatic heterocycles. The molecule has 172 valence electrons. The van der Waals surface area contributed by atoms with Gasteiger partial charge in [0.1, 0.15) is 5.78 Å². The number of ketones is 1. The zero-order chi connectivity index (χ0) is 23.3. The first-order chi connectivity index (χ1) is 15.8. The van der Waals surface area contributed by atoms with Gasteiger partial charge in [0.15, 0.2) is 0 Å². The van der Waals surface area contributed by atoms with Crippen LogP contribution in [-0.2, 0) is 18.3 Å². The van der Waals surface area contributed by atoms with E-state index in [0.29, 0.717) is 24.0 Å². The lowest BCUT2D eigenvalue weighted by Gasteiger charge is -2.37. The van der Waals surface area contributed by atoms with E-state index < -0.39 is 6.43 Å². The molecule has 33 heavy (non-hydrogen) atoms. The molecule has 0 saturated carbocycles. The summed E-state index contributed by atoms with van der Waals surface area (Å²) in [6, 6.07) is 9.55. The Balaban J connectivity index is 1.67. The Hall–Kier alpha value is -3.22. The number of carbonyl (C=O) groups is 1. The number of para-hydroxylation sites is 1. The number of nitrogens with zero attached hydrogens (tertiary/aromatic N) is 3. The number of nitrogens with one attached hydrogen (secondary N) is 1. The Labute approximate surface area is 192 Å². The third kappa shape index (κ3) is 3.90. The molecule has 0 radical (unpaired) electrons. The number of rotatable bonds is 3. The van der Waals surface area contributed by atoms with Gasteiger partial charge in [-0.25, -0.2) is 8.78 Å². The van der Waals surface area contributed by atoms with E-state index in [9.17, 15) is 13.6 Å². The van der Waals surface area contributed by atoms with Gasteiger partial charge in [0.2, 0.25) is 0 Å². The van der Waals surface area contributed by atoms with Gasteiger partial charge in [-0.2, -0.15) is 5.10 Å². The fourth-order valence-corrected chi connectivity index (χ4v) is 5.14. The molecule has 7 heteroatoms. The van der Waals surface area contributed by atoms with Crippen molar-refractivity contribution < 1.29 is 13.6 Å². The summed E-state index contributed by atoms with van der Waals surface area (Å²) in [5.41, 5.74) is 5.96. The lowest BCUT2D eigenvalue weighted by Crippen LogP contribution is -2.28. The number of hydrogen-bond acceptors (Lipinski definition) is 4. The van der Waals surface area contributed by atoms with Crippen molar-refractivity contribution in [3.05, 3.63) is 59.4 Å². The van der Waals surface area contributed by atoms with Gasteiger partial charge < -0.3 is 10.2 Å². The van der Waals surface area contributed by atoms with Crippen molar-refractivity contribution in [1.82, 2.24) is 9.78 Å². The highest BCUT2D eigenvalue weighted by atomic mass is 19.3. The molecule has 0 saturated heterocycles. The number of fused-ring (bicyclic) bond motifs is 2. The monoisotopic (exact) mass is 450 g/mol. The minimum Gasteiger partial charge on any atom is -0.380 e. The van der Waals surface area contributed by atoms with E-state index in [2.05, 4.69) is 22.2 Å². The third-order valence-corrected chi connectivity index (χ3v) is 6.79. The lowest BCUT2D eigenvalue weighted by atomic mass is 9.86. The number of aryl methyl sites for hydroxylation is 1. The van der Waals surface area contributed by atoms with Crippen LogP contribution in [0.1, 0.15) is 55.7 Å². The molecule has 2 aliphatic rings. The predicted molar refractivity (Wildman–Crippen MR) is 126 cm³/mol. The molecule has 0 fully saturated rings. The van der Waals surface area contributed by atoms with Crippen LogP contribution in [0.15, 0.2) is 42.7 Å². The summed E-state index contributed by atoms with van der Waals surface area (Å²) in [6.07, 6.45) is 2.58. The topological polar surface area (TPSA) is 50.2 Å². The van der Waals surface area contributed by atoms with Gasteiger partial charge in [0, 0.05) is 55.5 Å². The molecule has 2 aliphatic heterocycles. The summed E-state index contributed by atoms with van der Waals surface area (Å²) in [7, 11) is 1.79. The van der Waals surface area contributed by atoms with E-state index in [1.807, 2.05) is 31.2 Å². The van der Waals surface area contributed by atoms with Crippen LogP contribution < -0.4 is 10.2 Å². The second-order valence-corrected chi connectivity index (χ2v) is 9.32. The number of anilines is 3. The second kappa shape index (κ2) is 8.28. The molecule has 0 amide bonds. The molecule has 0 unspecified atom stereocenters. The molecule has 0 spiro atoms. The number of benzene rings is 2. The zero-order valence-corrected chi connectivity index (χ0v) is 19.1. The second-order valence-electron chi connectivity index (χ2n) is 9.32. The molecule has 3 aromatic rings. The molecular weight excluding hydrogens is 422 g/mol. The van der Waals surface area contributed by atoms with Crippen LogP contribution in [0.4, 0.5) is 25.8 Å². The highest BCUT2D eigenvalue weighted by Gasteiger charge is 2.30. The third-order valence-electron chi connectivity index (χ3n) is 6.79. The quantitative estimate of drug-likeness (QED) is 0.533. The van der Waals surface area contributed by atoms with Crippen LogP contribution in [0.3, 0.4) is 0 Å². The van der Waals surface area contributed by atoms with Gasteiger partial charge in [-0.3, -0.25) is 9.48 Å². The van der Waals surface area contributed by atoms with Gasteiger partial charge in [-0.05, 0) is 54.2 Å². The largest absolute Gasteiger partial charge is 0.380 e. The van der Waals surface area contributed by atoms with Crippen molar-refractivity contribution in [2.45, 2.75) is 51.5 Å². The zero-order valence-electron chi connectivity index (χ0n) is 19.1. The first kappa shape index (κ1) is 21.6. The van der Waals surface area contributed by atoms with Gasteiger partial charge >= 0.3 is 0 Å². The number of carbonyl (C=O) groups excluding carboxylic acids is 1. The SMILES string of the molecule is C[C@@H]1CC(=O)Cc2cccc(N3CC[C@@H](C)c4cc(-c5cnn(C)c5)c(C(F)F)cc43)c2N1. The maximum absolute atomic E-state index is 14.2. The molecule has 2 aromatic carbocycles. The van der Waals surface area contributed by atoms with E-state index in [4.69, 9.17) is 0 Å². The Bertz CT molecular complexity index is 1220. The van der Waals surface area contributed by atoms with E-state index in [-0.39, 0.29) is 23.3 Å². The normalized spacial score (nSPS) is 20.3. The van der Waals surface area contributed by atoms with Gasteiger partial charge in [0.25, 0.3) is 6.43 Å². The van der Waals surface area contributed by atoms with Gasteiger partial charge in [0.05, 0.1) is 17.6 Å². The summed E-state index contributed by atoms with van der Waals surface area (Å²) in [5.74, 6) is 0.453. The average molecular weight is 451 g/mol. The molecule has 0 aliphatic carbocycles. The molecule has 2 atom stereocenters. The van der Waals surface area contributed by atoms with Crippen LogP contribution in [0, 0.1) is 0 Å². The summed E-state index contributed by atoms with van der Waals surface area (Å²) in [4.78, 5) is 14.5. The highest BCUT2D eigenvalue weighted by Crippen LogP contribution is 2.47. The van der Waals surface area contributed by atoms with Gasteiger partial charge in [-0.1, -0.05) is 19.1 Å². The molecular formula is C26H28F2N4O. The van der Waals surface area contributed by atoms with Crippen LogP contribution in [0.2, 0.25) is 0 Å². The fraction of sp³-hybridized carbons (Fsp3) is 0.385. The van der Waals surface area contributed by atoms with Crippen LogP contribution in [0.25, 0.3) is 11.1 Å². The first-order valence-corrected chi connectivity index (χ1v) is 11.4. The standard InChI is InChI=1S/C26H28F2N4O/c1-15-7-8-32(23-6-4-5-17-10-19(33)9-16(2)30-25(17)23)24-12-22(26(27)28)21(11-20(15)24)18-13-29-31(3)14-18/h4-6,11-16,26,30H,7-10H2,1-3H3/t15-,16-/m1/s1. The summed E-state index contributed by atoms with van der Waals surface area (Å²) in [5, 5.41) is 7.70. The summed E-state index contributed by atoms with van der Waals surface area (Å²) in [6.45, 7) is 4.88. The Kier molecular flexibility index (Phi) is 5.43. The minimum atomic E-state index is -2.60. The van der Waals surface area contributed by atoms with E-state index in [0.717, 1.165) is 41.2 Å². The number of halogens is 2. The van der Waals surface area contributed by atoms with E-state index >= 15 is 0 Å². The summed E-state index contributed by atoms with van der Waals surface area (Å²) >= 11 is 0. The number of aromatic nitrogens is 2. The van der Waals surface area contributed by atoms with Crippen LogP contribution in [0.5, 0.6) is 0 Å². The highest BCUT2D eigenvalue weighted by molar-refractivity contribution is 5.90. The van der Waals surface area contributed by atoms with Crippen molar-refractivity contribution in [1.29, 1.82) is 0 Å². The smallest absolute Gasteiger partial charge is 0.264 e. The molecule has 1 N–H and O–H groups in total. The van der Waals surface area contributed by atoms with Crippen molar-refractivity contribution in [3.8, 4) is 11.1 Å². The molecule has 5 rings (SSSR count). The lowest BCUT2D eigenvalue weighted by molar-refractivity contribution is -0.118. The maximum atomic E-state index is 14.2. The minimum absolute atomic E-state index is 0.0133. The molecule has 0 bridgehead atoms. The maximum Gasteiger partial charge on any atom is 0.264 e. The van der Waals surface area contributed by atoms with Crippen LogP contribution >= 0.6 is 0 Å². The van der Waals surface area contributed by atoms with Crippen LogP contribution in [-0.4, -0.2) is 28.2 Å². The summed E-state index contributed by atoms with van der Waals surface area (Å²) < 4.78 is 30.1. The average Bonchev–Trinajstić information content (AvgIpc) is 3.14. The van der Waals surface area contributed by atoms with Crippen molar-refractivity contribution >= 4 is 22.8 Å². The fourth-order valence-electron chi connectivity index (χ4n) is 5.14. The number of Topliss-reactive ketones (excluding diaryl/α,β-unsaturated/α-hetero) is 1. The number of hydrogen-bond donors (Lipinski definition) is 1. The van der Waals surface area contributed by atoms with Gasteiger partial charge in [-0.15, -0.1) is 0 Å². The molecule has 5 nitrogen and oxygen atoms in total. The van der Waals surface area contributed by atoms with E-state index in [1.54, 1.807) is 30.2 Å². The van der Waals surface area contributed by atoms with Crippen molar-refractivity contribution in [3.63, 3.8) is 0 Å². The molecule has 3 heterocycles. The Morgan fingerprint density at radius 3 is 2.73 bits per heavy atom. The van der Waals surface area contributed by atoms with Crippen molar-refractivity contribution in [2.75, 3.05) is 16.8 Å². The predicted octanol–water partition coefficient (Wildman–Crippen LogP) is 5.99. The van der Waals surface area contributed by atoms with Crippen molar-refractivity contribution in [2.24, 2.45) is 7.05 Å². The number of alkyl halides is 2. The van der Waals surface area contributed by atoms with E-state index in [1.165, 1.54) is 0 Å². The Morgan fingerprint density at radius 1 is 1.18 bits per heavy atom.